The number of nitrogens with zero attached hydrogens (tertiary/aromatic N) is 4. The molecule has 2 aromatic rings. The van der Waals surface area contributed by atoms with E-state index >= 15 is 0 Å². The third kappa shape index (κ3) is 4.27. The zero-order chi connectivity index (χ0) is 23.0. The number of piperidine rings is 2. The summed E-state index contributed by atoms with van der Waals surface area (Å²) in [5, 5.41) is 5.28. The fourth-order valence-electron chi connectivity index (χ4n) is 5.39. The van der Waals surface area contributed by atoms with Gasteiger partial charge in [-0.2, -0.15) is 5.10 Å². The molecule has 1 aromatic heterocycles. The van der Waals surface area contributed by atoms with Crippen molar-refractivity contribution in [2.75, 3.05) is 26.2 Å². The van der Waals surface area contributed by atoms with Gasteiger partial charge in [-0.15, -0.1) is 0 Å². The second-order valence-electron chi connectivity index (χ2n) is 9.29. The third-order valence-corrected chi connectivity index (χ3v) is 7.65. The number of hydrogen-bond donors (Lipinski definition) is 1. The summed E-state index contributed by atoms with van der Waals surface area (Å²) in [4.78, 5) is 29.7. The van der Waals surface area contributed by atoms with Gasteiger partial charge in [-0.25, -0.2) is 0 Å². The average Bonchev–Trinajstić information content (AvgIpc) is 3.28. The Morgan fingerprint density at radius 2 is 1.76 bits per heavy atom. The molecule has 1 aromatic carbocycles. The first kappa shape index (κ1) is 22.4. The minimum Gasteiger partial charge on any atom is -0.368 e. The highest BCUT2D eigenvalue weighted by atomic mass is 35.5. The largest absolute Gasteiger partial charge is 0.368 e. The smallest absolute Gasteiger partial charge is 0.274 e. The standard InChI is InChI=1S/C24H30ClN5O3/c25-18-6-4-17(5-7-18)21-15-30-19(16-33-21)14-20(27-30)22(31)28-12-8-24(9-13-28,23(26)32)29-10-2-1-3-11-29/h4-7,14,21H,1-3,8-13,15-16H2,(H2,26,32)/t21-/m0/s1. The summed E-state index contributed by atoms with van der Waals surface area (Å²) in [6.45, 7) is 3.75. The second-order valence-corrected chi connectivity index (χ2v) is 9.73. The second kappa shape index (κ2) is 9.08. The molecule has 0 unspecified atom stereocenters. The van der Waals surface area contributed by atoms with Crippen LogP contribution >= 0.6 is 11.6 Å². The predicted octanol–water partition coefficient (Wildman–Crippen LogP) is 2.75. The van der Waals surface area contributed by atoms with Crippen LogP contribution in [0.25, 0.3) is 0 Å². The molecule has 1 atom stereocenters. The van der Waals surface area contributed by atoms with Crippen LogP contribution in [0.15, 0.2) is 30.3 Å². The van der Waals surface area contributed by atoms with E-state index in [-0.39, 0.29) is 17.9 Å². The number of ether oxygens (including phenoxy) is 1. The van der Waals surface area contributed by atoms with Crippen LogP contribution in [0.1, 0.15) is 60.0 Å². The Hall–Kier alpha value is -2.42. The number of amides is 2. The van der Waals surface area contributed by atoms with Crippen molar-refractivity contribution in [3.8, 4) is 0 Å². The summed E-state index contributed by atoms with van der Waals surface area (Å²) in [6, 6.07) is 9.42. The van der Waals surface area contributed by atoms with Crippen LogP contribution in [0.3, 0.4) is 0 Å². The molecule has 0 bridgehead atoms. The molecule has 2 saturated heterocycles. The van der Waals surface area contributed by atoms with E-state index in [9.17, 15) is 9.59 Å². The monoisotopic (exact) mass is 471 g/mol. The Morgan fingerprint density at radius 1 is 1.06 bits per heavy atom. The number of halogens is 1. The molecular weight excluding hydrogens is 442 g/mol. The Balaban J connectivity index is 1.26. The summed E-state index contributed by atoms with van der Waals surface area (Å²) in [7, 11) is 0. The van der Waals surface area contributed by atoms with Gasteiger partial charge >= 0.3 is 0 Å². The number of fused-ring (bicyclic) bond motifs is 1. The average molecular weight is 472 g/mol. The zero-order valence-electron chi connectivity index (χ0n) is 18.7. The van der Waals surface area contributed by atoms with E-state index in [4.69, 9.17) is 22.1 Å². The highest BCUT2D eigenvalue weighted by Crippen LogP contribution is 2.33. The molecule has 0 aliphatic carbocycles. The highest BCUT2D eigenvalue weighted by molar-refractivity contribution is 6.30. The van der Waals surface area contributed by atoms with E-state index in [1.165, 1.54) is 6.42 Å². The maximum absolute atomic E-state index is 13.2. The lowest BCUT2D eigenvalue weighted by molar-refractivity contribution is -0.134. The molecule has 8 nitrogen and oxygen atoms in total. The van der Waals surface area contributed by atoms with Crippen LogP contribution < -0.4 is 5.73 Å². The van der Waals surface area contributed by atoms with E-state index in [2.05, 4.69) is 10.00 Å². The lowest BCUT2D eigenvalue weighted by atomic mass is 9.83. The molecule has 3 aliphatic rings. The fraction of sp³-hybridized carbons (Fsp3) is 0.542. The first-order valence-corrected chi connectivity index (χ1v) is 12.1. The first-order chi connectivity index (χ1) is 16.0. The number of benzene rings is 1. The summed E-state index contributed by atoms with van der Waals surface area (Å²) in [6.07, 6.45) is 4.40. The van der Waals surface area contributed by atoms with Crippen molar-refractivity contribution in [3.63, 3.8) is 0 Å². The van der Waals surface area contributed by atoms with E-state index in [0.29, 0.717) is 49.8 Å². The normalized spacial score (nSPS) is 23.2. The van der Waals surface area contributed by atoms with Crippen LogP contribution in [-0.2, 0) is 22.7 Å². The molecule has 33 heavy (non-hydrogen) atoms. The maximum atomic E-state index is 13.2. The zero-order valence-corrected chi connectivity index (χ0v) is 19.5. The van der Waals surface area contributed by atoms with Crippen molar-refractivity contribution >= 4 is 23.4 Å². The van der Waals surface area contributed by atoms with Gasteiger partial charge in [-0.1, -0.05) is 30.2 Å². The highest BCUT2D eigenvalue weighted by Gasteiger charge is 2.46. The number of primary amides is 1. The lowest BCUT2D eigenvalue weighted by Crippen LogP contribution is -2.63. The summed E-state index contributed by atoms with van der Waals surface area (Å²) >= 11 is 5.99. The Bertz CT molecular complexity index is 1020. The number of hydrogen-bond acceptors (Lipinski definition) is 5. The third-order valence-electron chi connectivity index (χ3n) is 7.39. The number of likely N-dealkylation sites (tertiary alicyclic amines) is 2. The molecule has 0 spiro atoms. The Kier molecular flexibility index (Phi) is 6.16. The van der Waals surface area contributed by atoms with Crippen LogP contribution in [0.2, 0.25) is 5.02 Å². The van der Waals surface area contributed by atoms with Crippen molar-refractivity contribution in [1.82, 2.24) is 19.6 Å². The van der Waals surface area contributed by atoms with Gasteiger partial charge in [0.05, 0.1) is 18.8 Å². The van der Waals surface area contributed by atoms with Gasteiger partial charge in [0.1, 0.15) is 11.6 Å². The van der Waals surface area contributed by atoms with Gasteiger partial charge in [0, 0.05) is 18.1 Å². The number of aromatic nitrogens is 2. The van der Waals surface area contributed by atoms with Gasteiger partial charge in [0.25, 0.3) is 5.91 Å². The minimum absolute atomic E-state index is 0.100. The number of rotatable bonds is 4. The van der Waals surface area contributed by atoms with Crippen molar-refractivity contribution in [3.05, 3.63) is 52.3 Å². The molecule has 2 amide bonds. The quantitative estimate of drug-likeness (QED) is 0.740. The molecule has 176 valence electrons. The molecule has 3 aliphatic heterocycles. The van der Waals surface area contributed by atoms with E-state index < -0.39 is 5.54 Å². The Labute approximate surface area is 198 Å². The Morgan fingerprint density at radius 3 is 2.42 bits per heavy atom. The van der Waals surface area contributed by atoms with E-state index in [1.807, 2.05) is 35.0 Å². The number of nitrogens with two attached hydrogens (primary N) is 1. The van der Waals surface area contributed by atoms with E-state index in [1.54, 1.807) is 4.90 Å². The molecule has 0 radical (unpaired) electrons. The fourth-order valence-corrected chi connectivity index (χ4v) is 5.52. The summed E-state index contributed by atoms with van der Waals surface area (Å²) in [5.74, 6) is -0.365. The van der Waals surface area contributed by atoms with Crippen molar-refractivity contribution in [1.29, 1.82) is 0 Å². The van der Waals surface area contributed by atoms with Crippen LogP contribution in [-0.4, -0.2) is 63.1 Å². The SMILES string of the molecule is NC(=O)C1(N2CCCCC2)CCN(C(=O)c2cc3n(n2)C[C@@H](c2ccc(Cl)cc2)OC3)CC1. The summed E-state index contributed by atoms with van der Waals surface area (Å²) in [5.41, 5.74) is 7.59. The lowest BCUT2D eigenvalue weighted by Gasteiger charge is -2.48. The minimum atomic E-state index is -0.635. The van der Waals surface area contributed by atoms with Gasteiger partial charge < -0.3 is 15.4 Å². The molecule has 9 heteroatoms. The number of carbonyl (C=O) groups is 2. The van der Waals surface area contributed by atoms with Gasteiger partial charge in [0.15, 0.2) is 5.69 Å². The van der Waals surface area contributed by atoms with Crippen molar-refractivity contribution in [2.45, 2.75) is 56.9 Å². The van der Waals surface area contributed by atoms with Crippen LogP contribution in [0.4, 0.5) is 0 Å². The van der Waals surface area contributed by atoms with Crippen LogP contribution in [0, 0.1) is 0 Å². The maximum Gasteiger partial charge on any atom is 0.274 e. The van der Waals surface area contributed by atoms with E-state index in [0.717, 1.165) is 37.2 Å². The van der Waals surface area contributed by atoms with Crippen LogP contribution in [0.5, 0.6) is 0 Å². The predicted molar refractivity (Wildman–Crippen MR) is 124 cm³/mol. The molecule has 2 N–H and O–H groups in total. The topological polar surface area (TPSA) is 93.7 Å². The molecule has 4 heterocycles. The number of carbonyl (C=O) groups excluding carboxylic acids is 2. The molecule has 0 saturated carbocycles. The molecular formula is C24H30ClN5O3. The summed E-state index contributed by atoms with van der Waals surface area (Å²) < 4.78 is 7.87. The van der Waals surface area contributed by atoms with Crippen molar-refractivity contribution < 1.29 is 14.3 Å². The molecule has 5 rings (SSSR count). The molecule has 2 fully saturated rings. The van der Waals surface area contributed by atoms with Gasteiger partial charge in [-0.05, 0) is 62.5 Å². The van der Waals surface area contributed by atoms with Crippen molar-refractivity contribution in [2.24, 2.45) is 5.73 Å². The first-order valence-electron chi connectivity index (χ1n) is 11.7. The van der Waals surface area contributed by atoms with Gasteiger partial charge in [-0.3, -0.25) is 19.2 Å². The van der Waals surface area contributed by atoms with Gasteiger partial charge in [0.2, 0.25) is 5.91 Å².